The second-order valence-electron chi connectivity index (χ2n) is 13.4. The molecule has 0 spiro atoms. The molecule has 6 nitrogen and oxygen atoms in total. The zero-order chi connectivity index (χ0) is 32.6. The summed E-state index contributed by atoms with van der Waals surface area (Å²) in [4.78, 5) is 25.7. The molecule has 0 radical (unpaired) electrons. The van der Waals surface area contributed by atoms with Crippen LogP contribution in [0.5, 0.6) is 5.75 Å². The lowest BCUT2D eigenvalue weighted by molar-refractivity contribution is -0.123. The quantitative estimate of drug-likeness (QED) is 0.114. The number of nitrogens with one attached hydrogen (secondary N) is 2. The number of hydrogen-bond acceptors (Lipinski definition) is 4. The molecule has 2 aromatic carbocycles. The smallest absolute Gasteiger partial charge is 0.408 e. The van der Waals surface area contributed by atoms with Gasteiger partial charge >= 0.3 is 6.09 Å². The number of carbonyl (C=O) groups excluding carboxylic acids is 2. The van der Waals surface area contributed by atoms with Gasteiger partial charge < -0.3 is 20.1 Å². The van der Waals surface area contributed by atoms with Crippen LogP contribution in [0.25, 0.3) is 0 Å². The normalized spacial score (nSPS) is 12.0. The zero-order valence-corrected chi connectivity index (χ0v) is 28.8. The van der Waals surface area contributed by atoms with Crippen molar-refractivity contribution in [2.75, 3.05) is 6.54 Å². The van der Waals surface area contributed by atoms with Crippen LogP contribution in [0.2, 0.25) is 0 Å². The van der Waals surface area contributed by atoms with Crippen molar-refractivity contribution in [3.63, 3.8) is 0 Å². The highest BCUT2D eigenvalue weighted by molar-refractivity contribution is 5.86. The number of amides is 2. The van der Waals surface area contributed by atoms with E-state index < -0.39 is 17.7 Å². The Kier molecular flexibility index (Phi) is 19.8. The van der Waals surface area contributed by atoms with Gasteiger partial charge in [0.15, 0.2) is 0 Å². The van der Waals surface area contributed by atoms with Crippen LogP contribution in [0.3, 0.4) is 0 Å². The Bertz CT molecular complexity index is 1030. The van der Waals surface area contributed by atoms with Crippen molar-refractivity contribution in [1.82, 2.24) is 10.6 Å². The first-order valence-corrected chi connectivity index (χ1v) is 17.8. The molecule has 0 aliphatic carbocycles. The van der Waals surface area contributed by atoms with Gasteiger partial charge in [-0.2, -0.15) is 0 Å². The molecular weight excluding hydrogens is 560 g/mol. The lowest BCUT2D eigenvalue weighted by Crippen LogP contribution is -2.49. The molecule has 0 aromatic heterocycles. The first-order valence-electron chi connectivity index (χ1n) is 17.8. The largest absolute Gasteiger partial charge is 0.489 e. The summed E-state index contributed by atoms with van der Waals surface area (Å²) in [6.45, 7) is 8.81. The van der Waals surface area contributed by atoms with Crippen LogP contribution in [0.1, 0.15) is 142 Å². The van der Waals surface area contributed by atoms with Gasteiger partial charge in [0.05, 0.1) is 0 Å². The van der Waals surface area contributed by atoms with Crippen molar-refractivity contribution in [2.24, 2.45) is 0 Å². The Hall–Kier alpha value is -3.02. The predicted octanol–water partition coefficient (Wildman–Crippen LogP) is 10.1. The van der Waals surface area contributed by atoms with Gasteiger partial charge in [-0.05, 0) is 50.5 Å². The summed E-state index contributed by atoms with van der Waals surface area (Å²) in [6.07, 6.45) is 20.9. The summed E-state index contributed by atoms with van der Waals surface area (Å²) in [5.41, 5.74) is 1.39. The molecule has 2 rings (SSSR count). The highest BCUT2D eigenvalue weighted by atomic mass is 16.6. The van der Waals surface area contributed by atoms with Crippen LogP contribution < -0.4 is 15.4 Å². The molecule has 2 aromatic rings. The minimum Gasteiger partial charge on any atom is -0.489 e. The third-order valence-electron chi connectivity index (χ3n) is 7.95. The zero-order valence-electron chi connectivity index (χ0n) is 28.8. The molecule has 0 aliphatic rings. The lowest BCUT2D eigenvalue weighted by atomic mass is 10.0. The fourth-order valence-corrected chi connectivity index (χ4v) is 5.37. The van der Waals surface area contributed by atoms with Crippen molar-refractivity contribution < 1.29 is 19.1 Å². The molecule has 2 N–H and O–H groups in total. The van der Waals surface area contributed by atoms with E-state index in [1.54, 1.807) is 0 Å². The molecule has 45 heavy (non-hydrogen) atoms. The summed E-state index contributed by atoms with van der Waals surface area (Å²) >= 11 is 0. The highest BCUT2D eigenvalue weighted by Gasteiger charge is 2.24. The summed E-state index contributed by atoms with van der Waals surface area (Å²) in [6, 6.07) is 17.0. The van der Waals surface area contributed by atoms with Gasteiger partial charge in [0.1, 0.15) is 24.0 Å². The predicted molar refractivity (Wildman–Crippen MR) is 187 cm³/mol. The highest BCUT2D eigenvalue weighted by Crippen LogP contribution is 2.17. The van der Waals surface area contributed by atoms with E-state index in [-0.39, 0.29) is 5.91 Å². The second-order valence-corrected chi connectivity index (χ2v) is 13.4. The average Bonchev–Trinajstić information content (AvgIpc) is 3.01. The summed E-state index contributed by atoms with van der Waals surface area (Å²) in [5.74, 6) is 0.568. The Morgan fingerprint density at radius 3 is 1.69 bits per heavy atom. The summed E-state index contributed by atoms with van der Waals surface area (Å²) in [7, 11) is 0. The standard InChI is InChI=1S/C39H62N2O4/c1-5-6-7-8-9-10-11-12-13-14-15-16-17-18-19-23-30-40-37(42)36(41-38(43)45-39(2,3)4)31-33-26-28-35(29-27-33)44-32-34-24-21-20-22-25-34/h20-22,24-29,36H,5-19,23,30-32H2,1-4H3,(H,40,42)(H,41,43)/t36-/m0/s1. The Morgan fingerprint density at radius 2 is 1.18 bits per heavy atom. The molecule has 0 saturated heterocycles. The minimum absolute atomic E-state index is 0.189. The van der Waals surface area contributed by atoms with E-state index in [9.17, 15) is 9.59 Å². The van der Waals surface area contributed by atoms with E-state index in [2.05, 4.69) is 17.6 Å². The molecule has 0 unspecified atom stereocenters. The van der Waals surface area contributed by atoms with Gasteiger partial charge in [0.2, 0.25) is 5.91 Å². The van der Waals surface area contributed by atoms with Crippen LogP contribution in [0.4, 0.5) is 4.79 Å². The maximum absolute atomic E-state index is 13.1. The number of benzene rings is 2. The molecule has 1 atom stereocenters. The van der Waals surface area contributed by atoms with Gasteiger partial charge in [-0.25, -0.2) is 4.79 Å². The number of alkyl carbamates (subject to hydrolysis) is 1. The molecule has 0 aliphatic heterocycles. The molecular formula is C39H62N2O4. The fraction of sp³-hybridized carbons (Fsp3) is 0.641. The molecule has 2 amide bonds. The third-order valence-corrected chi connectivity index (χ3v) is 7.95. The first kappa shape index (κ1) is 38.2. The van der Waals surface area contributed by atoms with Crippen LogP contribution in [0.15, 0.2) is 54.6 Å². The van der Waals surface area contributed by atoms with E-state index in [1.807, 2.05) is 75.4 Å². The fourth-order valence-electron chi connectivity index (χ4n) is 5.37. The number of carbonyl (C=O) groups is 2. The lowest BCUT2D eigenvalue weighted by Gasteiger charge is -2.23. The minimum atomic E-state index is -0.725. The number of ether oxygens (including phenoxy) is 2. The van der Waals surface area contributed by atoms with Crippen LogP contribution in [-0.4, -0.2) is 30.2 Å². The maximum Gasteiger partial charge on any atom is 0.408 e. The van der Waals surface area contributed by atoms with Gasteiger partial charge in [0, 0.05) is 13.0 Å². The van der Waals surface area contributed by atoms with E-state index in [0.29, 0.717) is 19.6 Å². The van der Waals surface area contributed by atoms with Gasteiger partial charge in [-0.3, -0.25) is 4.79 Å². The van der Waals surface area contributed by atoms with Crippen LogP contribution >= 0.6 is 0 Å². The molecule has 252 valence electrons. The van der Waals surface area contributed by atoms with E-state index in [0.717, 1.165) is 29.7 Å². The Morgan fingerprint density at radius 1 is 0.667 bits per heavy atom. The molecule has 0 bridgehead atoms. The molecule has 6 heteroatoms. The number of unbranched alkanes of at least 4 members (excludes halogenated alkanes) is 15. The summed E-state index contributed by atoms with van der Waals surface area (Å²) in [5, 5.41) is 5.82. The van der Waals surface area contributed by atoms with E-state index in [1.165, 1.54) is 89.9 Å². The molecule has 0 heterocycles. The number of hydrogen-bond donors (Lipinski definition) is 2. The van der Waals surface area contributed by atoms with Gasteiger partial charge in [0.25, 0.3) is 0 Å². The molecule has 0 fully saturated rings. The number of rotatable bonds is 24. The topological polar surface area (TPSA) is 76.7 Å². The maximum atomic E-state index is 13.1. The van der Waals surface area contributed by atoms with Crippen LogP contribution in [0, 0.1) is 0 Å². The van der Waals surface area contributed by atoms with Gasteiger partial charge in [-0.1, -0.05) is 146 Å². The van der Waals surface area contributed by atoms with Gasteiger partial charge in [-0.15, -0.1) is 0 Å². The Labute approximate surface area is 274 Å². The van der Waals surface area contributed by atoms with E-state index in [4.69, 9.17) is 9.47 Å². The average molecular weight is 623 g/mol. The van der Waals surface area contributed by atoms with Crippen LogP contribution in [-0.2, 0) is 22.6 Å². The second kappa shape index (κ2) is 23.3. The monoisotopic (exact) mass is 622 g/mol. The van der Waals surface area contributed by atoms with E-state index >= 15 is 0 Å². The Balaban J connectivity index is 1.65. The third kappa shape index (κ3) is 19.9. The molecule has 0 saturated carbocycles. The van der Waals surface area contributed by atoms with Crippen molar-refractivity contribution in [2.45, 2.75) is 155 Å². The SMILES string of the molecule is CCCCCCCCCCCCCCCCCCNC(=O)[C@H](Cc1ccc(OCc2ccccc2)cc1)NC(=O)OC(C)(C)C. The van der Waals surface area contributed by atoms with Crippen molar-refractivity contribution in [3.8, 4) is 5.75 Å². The summed E-state index contributed by atoms with van der Waals surface area (Å²) < 4.78 is 11.3. The first-order chi connectivity index (χ1) is 21.8. The van der Waals surface area contributed by atoms with Crippen molar-refractivity contribution in [3.05, 3.63) is 65.7 Å². The van der Waals surface area contributed by atoms with Crippen molar-refractivity contribution in [1.29, 1.82) is 0 Å². The van der Waals surface area contributed by atoms with Crippen molar-refractivity contribution >= 4 is 12.0 Å².